The lowest BCUT2D eigenvalue weighted by molar-refractivity contribution is -0.143. The van der Waals surface area contributed by atoms with Crippen LogP contribution in [-0.4, -0.2) is 29.1 Å². The molecule has 1 aromatic carbocycles. The molecule has 18 heavy (non-hydrogen) atoms. The van der Waals surface area contributed by atoms with Crippen molar-refractivity contribution in [1.29, 1.82) is 0 Å². The maximum absolute atomic E-state index is 11.0. The zero-order chi connectivity index (χ0) is 13.1. The smallest absolute Gasteiger partial charge is 0.307 e. The van der Waals surface area contributed by atoms with Gasteiger partial charge in [0.2, 0.25) is 0 Å². The van der Waals surface area contributed by atoms with Crippen LogP contribution >= 0.6 is 11.6 Å². The van der Waals surface area contributed by atoms with Crippen molar-refractivity contribution in [2.24, 2.45) is 5.92 Å². The van der Waals surface area contributed by atoms with Gasteiger partial charge in [-0.05, 0) is 43.5 Å². The van der Waals surface area contributed by atoms with Gasteiger partial charge in [0.15, 0.2) is 0 Å². The van der Waals surface area contributed by atoms with E-state index in [1.807, 2.05) is 19.1 Å². The predicted molar refractivity (Wildman–Crippen MR) is 71.8 cm³/mol. The molecule has 0 unspecified atom stereocenters. The fourth-order valence-corrected chi connectivity index (χ4v) is 2.58. The number of rotatable bonds is 3. The molecule has 1 aliphatic rings. The zero-order valence-electron chi connectivity index (χ0n) is 10.5. The number of halogens is 1. The molecule has 2 rings (SSSR count). The Kier molecular flexibility index (Phi) is 4.25. The van der Waals surface area contributed by atoms with Crippen LogP contribution in [0.2, 0.25) is 5.02 Å². The molecule has 1 saturated heterocycles. The quantitative estimate of drug-likeness (QED) is 0.915. The SMILES string of the molecule is Cc1cc(CN2CCC[C@H](C(=O)O)C2)ccc1Cl. The Balaban J connectivity index is 2.00. The van der Waals surface area contributed by atoms with Gasteiger partial charge >= 0.3 is 5.97 Å². The van der Waals surface area contributed by atoms with Crippen LogP contribution in [0.25, 0.3) is 0 Å². The second kappa shape index (κ2) is 5.72. The van der Waals surface area contributed by atoms with Gasteiger partial charge in [0.25, 0.3) is 0 Å². The molecule has 0 radical (unpaired) electrons. The normalized spacial score (nSPS) is 20.9. The minimum Gasteiger partial charge on any atom is -0.481 e. The highest BCUT2D eigenvalue weighted by Gasteiger charge is 2.25. The van der Waals surface area contributed by atoms with Gasteiger partial charge < -0.3 is 5.11 Å². The van der Waals surface area contributed by atoms with E-state index in [0.29, 0.717) is 6.54 Å². The molecule has 1 atom stereocenters. The molecule has 4 heteroatoms. The summed E-state index contributed by atoms with van der Waals surface area (Å²) in [5.74, 6) is -0.890. The summed E-state index contributed by atoms with van der Waals surface area (Å²) in [7, 11) is 0. The number of carboxylic acid groups (broad SMARTS) is 1. The van der Waals surface area contributed by atoms with Crippen LogP contribution in [-0.2, 0) is 11.3 Å². The van der Waals surface area contributed by atoms with Crippen molar-refractivity contribution in [3.63, 3.8) is 0 Å². The van der Waals surface area contributed by atoms with Crippen LogP contribution in [0.1, 0.15) is 24.0 Å². The number of carboxylic acids is 1. The van der Waals surface area contributed by atoms with Crippen molar-refractivity contribution >= 4 is 17.6 Å². The lowest BCUT2D eigenvalue weighted by atomic mass is 9.98. The first-order chi connectivity index (χ1) is 8.56. The van der Waals surface area contributed by atoms with Crippen molar-refractivity contribution in [3.05, 3.63) is 34.3 Å². The Morgan fingerprint density at radius 3 is 3.00 bits per heavy atom. The summed E-state index contributed by atoms with van der Waals surface area (Å²) in [6.07, 6.45) is 1.76. The standard InChI is InChI=1S/C14H18ClNO2/c1-10-7-11(4-5-13(10)15)8-16-6-2-3-12(9-16)14(17)18/h4-5,7,12H,2-3,6,8-9H2,1H3,(H,17,18)/t12-/m0/s1. The molecule has 1 heterocycles. The number of hydrogen-bond acceptors (Lipinski definition) is 2. The molecule has 0 amide bonds. The summed E-state index contributed by atoms with van der Waals surface area (Å²) in [5, 5.41) is 9.84. The molecular weight excluding hydrogens is 250 g/mol. The van der Waals surface area contributed by atoms with Gasteiger partial charge in [-0.3, -0.25) is 9.69 Å². The molecular formula is C14H18ClNO2. The van der Waals surface area contributed by atoms with Crippen molar-refractivity contribution in [2.45, 2.75) is 26.3 Å². The Hall–Kier alpha value is -1.06. The first-order valence-corrected chi connectivity index (χ1v) is 6.64. The lowest BCUT2D eigenvalue weighted by Gasteiger charge is -2.30. The average Bonchev–Trinajstić information content (AvgIpc) is 2.34. The first-order valence-electron chi connectivity index (χ1n) is 6.26. The lowest BCUT2D eigenvalue weighted by Crippen LogP contribution is -2.38. The Morgan fingerprint density at radius 1 is 1.56 bits per heavy atom. The highest BCUT2D eigenvalue weighted by Crippen LogP contribution is 2.21. The molecule has 3 nitrogen and oxygen atoms in total. The van der Waals surface area contributed by atoms with E-state index in [1.54, 1.807) is 0 Å². The Labute approximate surface area is 112 Å². The van der Waals surface area contributed by atoms with E-state index >= 15 is 0 Å². The van der Waals surface area contributed by atoms with Crippen LogP contribution in [0.5, 0.6) is 0 Å². The largest absolute Gasteiger partial charge is 0.481 e. The van der Waals surface area contributed by atoms with Crippen molar-refractivity contribution in [2.75, 3.05) is 13.1 Å². The van der Waals surface area contributed by atoms with E-state index in [0.717, 1.165) is 36.5 Å². The Bertz CT molecular complexity index is 447. The van der Waals surface area contributed by atoms with E-state index in [-0.39, 0.29) is 5.92 Å². The second-order valence-electron chi connectivity index (χ2n) is 5.00. The number of piperidine rings is 1. The first kappa shape index (κ1) is 13.4. The summed E-state index contributed by atoms with van der Waals surface area (Å²) < 4.78 is 0. The molecule has 0 saturated carbocycles. The summed E-state index contributed by atoms with van der Waals surface area (Å²) in [6.45, 7) is 4.42. The minimum atomic E-state index is -0.674. The van der Waals surface area contributed by atoms with E-state index < -0.39 is 5.97 Å². The summed E-state index contributed by atoms with van der Waals surface area (Å²) in [4.78, 5) is 13.2. The minimum absolute atomic E-state index is 0.216. The van der Waals surface area contributed by atoms with Gasteiger partial charge in [0.1, 0.15) is 0 Å². The topological polar surface area (TPSA) is 40.5 Å². The van der Waals surface area contributed by atoms with Crippen LogP contribution in [0.3, 0.4) is 0 Å². The number of hydrogen-bond donors (Lipinski definition) is 1. The van der Waals surface area contributed by atoms with Gasteiger partial charge in [-0.15, -0.1) is 0 Å². The second-order valence-corrected chi connectivity index (χ2v) is 5.40. The van der Waals surface area contributed by atoms with Crippen LogP contribution in [0.15, 0.2) is 18.2 Å². The third-order valence-corrected chi connectivity index (χ3v) is 3.91. The molecule has 98 valence electrons. The third kappa shape index (κ3) is 3.24. The van der Waals surface area contributed by atoms with E-state index in [2.05, 4.69) is 11.0 Å². The molecule has 0 aliphatic carbocycles. The van der Waals surface area contributed by atoms with E-state index in [1.165, 1.54) is 5.56 Å². The third-order valence-electron chi connectivity index (χ3n) is 3.48. The van der Waals surface area contributed by atoms with Crippen LogP contribution in [0.4, 0.5) is 0 Å². The molecule has 0 aromatic heterocycles. The maximum atomic E-state index is 11.0. The fourth-order valence-electron chi connectivity index (χ4n) is 2.46. The molecule has 0 spiro atoms. The number of likely N-dealkylation sites (tertiary alicyclic amines) is 1. The summed E-state index contributed by atoms with van der Waals surface area (Å²) >= 11 is 6.00. The van der Waals surface area contributed by atoms with E-state index in [4.69, 9.17) is 16.7 Å². The van der Waals surface area contributed by atoms with Gasteiger partial charge in [-0.25, -0.2) is 0 Å². The highest BCUT2D eigenvalue weighted by molar-refractivity contribution is 6.31. The van der Waals surface area contributed by atoms with Crippen molar-refractivity contribution in [1.82, 2.24) is 4.90 Å². The van der Waals surface area contributed by atoms with Crippen molar-refractivity contribution < 1.29 is 9.90 Å². The van der Waals surface area contributed by atoms with E-state index in [9.17, 15) is 4.79 Å². The molecule has 0 bridgehead atoms. The summed E-state index contributed by atoms with van der Waals surface area (Å²) in [6, 6.07) is 6.00. The maximum Gasteiger partial charge on any atom is 0.307 e. The van der Waals surface area contributed by atoms with Gasteiger partial charge in [-0.2, -0.15) is 0 Å². The van der Waals surface area contributed by atoms with Crippen LogP contribution in [0, 0.1) is 12.8 Å². The van der Waals surface area contributed by atoms with Gasteiger partial charge in [-0.1, -0.05) is 23.7 Å². The van der Waals surface area contributed by atoms with Crippen LogP contribution < -0.4 is 0 Å². The average molecular weight is 268 g/mol. The van der Waals surface area contributed by atoms with Crippen molar-refractivity contribution in [3.8, 4) is 0 Å². The monoisotopic (exact) mass is 267 g/mol. The zero-order valence-corrected chi connectivity index (χ0v) is 11.3. The van der Waals surface area contributed by atoms with Gasteiger partial charge in [0.05, 0.1) is 5.92 Å². The number of aryl methyl sites for hydroxylation is 1. The fraction of sp³-hybridized carbons (Fsp3) is 0.500. The number of aliphatic carboxylic acids is 1. The Morgan fingerprint density at radius 2 is 2.33 bits per heavy atom. The molecule has 1 fully saturated rings. The number of benzene rings is 1. The number of nitrogens with zero attached hydrogens (tertiary/aromatic N) is 1. The van der Waals surface area contributed by atoms with Gasteiger partial charge in [0, 0.05) is 18.1 Å². The molecule has 1 aliphatic heterocycles. The summed E-state index contributed by atoms with van der Waals surface area (Å²) in [5.41, 5.74) is 2.27. The molecule has 1 aromatic rings. The highest BCUT2D eigenvalue weighted by atomic mass is 35.5. The molecule has 1 N–H and O–H groups in total. The number of carbonyl (C=O) groups is 1. The predicted octanol–water partition coefficient (Wildman–Crippen LogP) is 2.95.